The Kier molecular flexibility index (Phi) is 7.88. The quantitative estimate of drug-likeness (QED) is 0.686. The van der Waals surface area contributed by atoms with E-state index in [0.717, 1.165) is 5.69 Å². The van der Waals surface area contributed by atoms with Crippen molar-refractivity contribution in [3.05, 3.63) is 53.3 Å². The Morgan fingerprint density at radius 1 is 1.25 bits per heavy atom. The van der Waals surface area contributed by atoms with E-state index >= 15 is 0 Å². The molecule has 2 aromatic rings. The zero-order chi connectivity index (χ0) is 17.2. The summed E-state index contributed by atoms with van der Waals surface area (Å²) < 4.78 is 10.5. The maximum atomic E-state index is 12.1. The lowest BCUT2D eigenvalue weighted by molar-refractivity contribution is -0.113. The number of ether oxygens (including phenoxy) is 2. The summed E-state index contributed by atoms with van der Waals surface area (Å²) in [4.78, 5) is 16.3. The highest BCUT2D eigenvalue weighted by molar-refractivity contribution is 7.99. The predicted molar refractivity (Wildman–Crippen MR) is 97.9 cm³/mol. The van der Waals surface area contributed by atoms with E-state index in [2.05, 4.69) is 10.3 Å². The number of para-hydroxylation sites is 1. The highest BCUT2D eigenvalue weighted by Crippen LogP contribution is 2.33. The monoisotopic (exact) mass is 366 g/mol. The summed E-state index contributed by atoms with van der Waals surface area (Å²) in [6, 6.07) is 11.0. The molecule has 24 heavy (non-hydrogen) atoms. The Balaban J connectivity index is 1.87. The molecule has 1 aromatic heterocycles. The number of carbonyl (C=O) groups excluding carboxylic acids is 1. The molecule has 5 nitrogen and oxygen atoms in total. The van der Waals surface area contributed by atoms with E-state index in [9.17, 15) is 4.79 Å². The van der Waals surface area contributed by atoms with Crippen LogP contribution in [0.4, 0.5) is 5.69 Å². The van der Waals surface area contributed by atoms with E-state index in [1.165, 1.54) is 11.8 Å². The van der Waals surface area contributed by atoms with Crippen molar-refractivity contribution in [1.29, 1.82) is 0 Å². The third kappa shape index (κ3) is 6.03. The standard InChI is InChI=1S/C17H19ClN2O3S/c1-22-9-10-23-17-14(18)6-4-7-15(17)20-16(21)12-24-11-13-5-2-3-8-19-13/h2-8H,9-12H2,1H3,(H,20,21). The molecule has 128 valence electrons. The van der Waals surface area contributed by atoms with Gasteiger partial charge in [-0.15, -0.1) is 11.8 Å². The predicted octanol–water partition coefficient (Wildman–Crippen LogP) is 3.63. The topological polar surface area (TPSA) is 60.5 Å². The number of anilines is 1. The van der Waals surface area contributed by atoms with Crippen molar-refractivity contribution in [3.63, 3.8) is 0 Å². The summed E-state index contributed by atoms with van der Waals surface area (Å²) in [5.74, 6) is 1.34. The van der Waals surface area contributed by atoms with Crippen LogP contribution in [0.15, 0.2) is 42.6 Å². The number of nitrogens with zero attached hydrogens (tertiary/aromatic N) is 1. The molecule has 0 saturated carbocycles. The van der Waals surface area contributed by atoms with Crippen molar-refractivity contribution in [2.75, 3.05) is 31.4 Å². The summed E-state index contributed by atoms with van der Waals surface area (Å²) in [5, 5.41) is 3.28. The second kappa shape index (κ2) is 10.2. The van der Waals surface area contributed by atoms with Crippen LogP contribution in [0.25, 0.3) is 0 Å². The van der Waals surface area contributed by atoms with Gasteiger partial charge in [-0.05, 0) is 24.3 Å². The first-order chi connectivity index (χ1) is 11.7. The molecule has 0 aliphatic rings. The molecule has 1 heterocycles. The Hall–Kier alpha value is -1.76. The highest BCUT2D eigenvalue weighted by atomic mass is 35.5. The molecule has 2 rings (SSSR count). The molecule has 0 saturated heterocycles. The van der Waals surface area contributed by atoms with Gasteiger partial charge in [0.25, 0.3) is 0 Å². The molecular weight excluding hydrogens is 348 g/mol. The number of halogens is 1. The van der Waals surface area contributed by atoms with Crippen molar-refractivity contribution in [2.24, 2.45) is 0 Å². The second-order valence-electron chi connectivity index (χ2n) is 4.82. The third-order valence-electron chi connectivity index (χ3n) is 2.98. The SMILES string of the molecule is COCCOc1c(Cl)cccc1NC(=O)CSCc1ccccn1. The fraction of sp³-hybridized carbons (Fsp3) is 0.294. The van der Waals surface area contributed by atoms with E-state index in [1.807, 2.05) is 18.2 Å². The number of pyridine rings is 1. The van der Waals surface area contributed by atoms with Gasteiger partial charge in [-0.1, -0.05) is 23.7 Å². The average molecular weight is 367 g/mol. The van der Waals surface area contributed by atoms with Crippen LogP contribution in [-0.4, -0.2) is 37.0 Å². The Bertz CT molecular complexity index is 656. The molecule has 0 aliphatic carbocycles. The Morgan fingerprint density at radius 3 is 2.88 bits per heavy atom. The molecule has 0 aliphatic heterocycles. The molecule has 1 amide bonds. The van der Waals surface area contributed by atoms with Crippen LogP contribution >= 0.6 is 23.4 Å². The number of amides is 1. The normalized spacial score (nSPS) is 10.4. The molecule has 1 N–H and O–H groups in total. The van der Waals surface area contributed by atoms with E-state index in [4.69, 9.17) is 21.1 Å². The van der Waals surface area contributed by atoms with Gasteiger partial charge < -0.3 is 14.8 Å². The summed E-state index contributed by atoms with van der Waals surface area (Å²) >= 11 is 7.64. The van der Waals surface area contributed by atoms with Crippen LogP contribution in [0.3, 0.4) is 0 Å². The third-order valence-corrected chi connectivity index (χ3v) is 4.25. The number of rotatable bonds is 9. The van der Waals surface area contributed by atoms with E-state index < -0.39 is 0 Å². The zero-order valence-electron chi connectivity index (χ0n) is 13.3. The first kappa shape index (κ1) is 18.6. The molecular formula is C17H19ClN2O3S. The number of thioether (sulfide) groups is 1. The highest BCUT2D eigenvalue weighted by Gasteiger charge is 2.11. The molecule has 7 heteroatoms. The average Bonchev–Trinajstić information content (AvgIpc) is 2.58. The van der Waals surface area contributed by atoms with E-state index in [1.54, 1.807) is 31.5 Å². The maximum absolute atomic E-state index is 12.1. The molecule has 0 spiro atoms. The molecule has 0 radical (unpaired) electrons. The van der Waals surface area contributed by atoms with E-state index in [-0.39, 0.29) is 5.91 Å². The summed E-state index contributed by atoms with van der Waals surface area (Å²) in [7, 11) is 1.59. The first-order valence-electron chi connectivity index (χ1n) is 7.38. The van der Waals surface area contributed by atoms with Crippen LogP contribution in [-0.2, 0) is 15.3 Å². The van der Waals surface area contributed by atoms with Crippen molar-refractivity contribution in [3.8, 4) is 5.75 Å². The maximum Gasteiger partial charge on any atom is 0.234 e. The van der Waals surface area contributed by atoms with Gasteiger partial charge in [-0.2, -0.15) is 0 Å². The largest absolute Gasteiger partial charge is 0.487 e. The number of aromatic nitrogens is 1. The second-order valence-corrected chi connectivity index (χ2v) is 6.21. The van der Waals surface area contributed by atoms with Gasteiger partial charge in [-0.3, -0.25) is 9.78 Å². The molecule has 1 aromatic carbocycles. The summed E-state index contributed by atoms with van der Waals surface area (Å²) in [6.07, 6.45) is 1.74. The minimum atomic E-state index is -0.116. The molecule has 0 bridgehead atoms. The number of methoxy groups -OCH3 is 1. The fourth-order valence-electron chi connectivity index (χ4n) is 1.90. The molecule has 0 unspecified atom stereocenters. The van der Waals surface area contributed by atoms with Crippen LogP contribution in [0.5, 0.6) is 5.75 Å². The number of hydrogen-bond acceptors (Lipinski definition) is 5. The van der Waals surface area contributed by atoms with Gasteiger partial charge in [0.1, 0.15) is 6.61 Å². The molecule has 0 atom stereocenters. The zero-order valence-corrected chi connectivity index (χ0v) is 14.9. The fourth-order valence-corrected chi connectivity index (χ4v) is 2.87. The van der Waals surface area contributed by atoms with Gasteiger partial charge in [0, 0.05) is 19.1 Å². The van der Waals surface area contributed by atoms with Crippen molar-refractivity contribution in [2.45, 2.75) is 5.75 Å². The van der Waals surface area contributed by atoms with Gasteiger partial charge in [0.2, 0.25) is 5.91 Å². The lowest BCUT2D eigenvalue weighted by Crippen LogP contribution is -2.16. The van der Waals surface area contributed by atoms with Crippen molar-refractivity contribution < 1.29 is 14.3 Å². The van der Waals surface area contributed by atoms with Gasteiger partial charge in [-0.25, -0.2) is 0 Å². The van der Waals surface area contributed by atoms with Gasteiger partial charge in [0.05, 0.1) is 28.8 Å². The molecule has 0 fully saturated rings. The van der Waals surface area contributed by atoms with E-state index in [0.29, 0.717) is 41.2 Å². The Labute approximate surface area is 150 Å². The first-order valence-corrected chi connectivity index (χ1v) is 8.91. The minimum Gasteiger partial charge on any atom is -0.487 e. The Morgan fingerprint density at radius 2 is 2.12 bits per heavy atom. The van der Waals surface area contributed by atoms with Crippen LogP contribution in [0, 0.1) is 0 Å². The van der Waals surface area contributed by atoms with Crippen molar-refractivity contribution >= 4 is 35.0 Å². The van der Waals surface area contributed by atoms with Gasteiger partial charge >= 0.3 is 0 Å². The van der Waals surface area contributed by atoms with Crippen LogP contribution < -0.4 is 10.1 Å². The lowest BCUT2D eigenvalue weighted by Gasteiger charge is -2.13. The summed E-state index contributed by atoms with van der Waals surface area (Å²) in [6.45, 7) is 0.802. The lowest BCUT2D eigenvalue weighted by atomic mass is 10.3. The van der Waals surface area contributed by atoms with Gasteiger partial charge in [0.15, 0.2) is 5.75 Å². The number of benzene rings is 1. The number of carbonyl (C=O) groups is 1. The number of hydrogen-bond donors (Lipinski definition) is 1. The van der Waals surface area contributed by atoms with Crippen LogP contribution in [0.2, 0.25) is 5.02 Å². The van der Waals surface area contributed by atoms with Crippen molar-refractivity contribution in [1.82, 2.24) is 4.98 Å². The summed E-state index contributed by atoms with van der Waals surface area (Å²) in [5.41, 5.74) is 1.50. The smallest absolute Gasteiger partial charge is 0.234 e. The van der Waals surface area contributed by atoms with Crippen LogP contribution in [0.1, 0.15) is 5.69 Å². The minimum absolute atomic E-state index is 0.116. The number of nitrogens with one attached hydrogen (secondary N) is 1.